The van der Waals surface area contributed by atoms with Crippen molar-refractivity contribution in [3.8, 4) is 0 Å². The summed E-state index contributed by atoms with van der Waals surface area (Å²) in [6, 6.07) is 6.53. The summed E-state index contributed by atoms with van der Waals surface area (Å²) in [5.41, 5.74) is 6.59. The molecular formula is C11H15N3O3S2. The molecular weight excluding hydrogens is 286 g/mol. The Labute approximate surface area is 117 Å². The van der Waals surface area contributed by atoms with Gasteiger partial charge in [0.15, 0.2) is 0 Å². The molecule has 8 heteroatoms. The molecule has 0 bridgehead atoms. The second kappa shape index (κ2) is 6.60. The smallest absolute Gasteiger partial charge is 0.251 e. The van der Waals surface area contributed by atoms with Gasteiger partial charge in [0.25, 0.3) is 5.91 Å². The lowest BCUT2D eigenvalue weighted by Crippen LogP contribution is -2.34. The van der Waals surface area contributed by atoms with E-state index in [4.69, 9.17) is 18.0 Å². The molecule has 0 saturated carbocycles. The van der Waals surface area contributed by atoms with Gasteiger partial charge in [0.05, 0.1) is 6.26 Å². The van der Waals surface area contributed by atoms with Crippen molar-refractivity contribution in [3.05, 3.63) is 35.4 Å². The normalized spacial score (nSPS) is 11.0. The zero-order valence-electron chi connectivity index (χ0n) is 10.3. The van der Waals surface area contributed by atoms with Crippen LogP contribution in [-0.2, 0) is 10.0 Å². The van der Waals surface area contributed by atoms with E-state index in [0.29, 0.717) is 11.1 Å². The minimum absolute atomic E-state index is 0.148. The summed E-state index contributed by atoms with van der Waals surface area (Å²) in [7, 11) is -3.23. The van der Waals surface area contributed by atoms with Gasteiger partial charge >= 0.3 is 0 Å². The summed E-state index contributed by atoms with van der Waals surface area (Å²) in [5, 5.41) is 2.59. The minimum Gasteiger partial charge on any atom is -0.389 e. The van der Waals surface area contributed by atoms with Crippen LogP contribution in [0.5, 0.6) is 0 Å². The van der Waals surface area contributed by atoms with Gasteiger partial charge in [-0.25, -0.2) is 13.1 Å². The van der Waals surface area contributed by atoms with E-state index in [1.807, 2.05) is 0 Å². The zero-order chi connectivity index (χ0) is 14.5. The van der Waals surface area contributed by atoms with E-state index >= 15 is 0 Å². The number of carbonyl (C=O) groups excluding carboxylic acids is 1. The molecule has 104 valence electrons. The van der Waals surface area contributed by atoms with Gasteiger partial charge < -0.3 is 11.1 Å². The molecule has 1 aromatic rings. The van der Waals surface area contributed by atoms with E-state index in [-0.39, 0.29) is 24.0 Å². The Kier molecular flexibility index (Phi) is 5.40. The summed E-state index contributed by atoms with van der Waals surface area (Å²) in [6.45, 7) is 0.360. The third-order valence-electron chi connectivity index (χ3n) is 2.21. The zero-order valence-corrected chi connectivity index (χ0v) is 12.0. The van der Waals surface area contributed by atoms with Crippen LogP contribution in [0.15, 0.2) is 24.3 Å². The second-order valence-corrected chi connectivity index (χ2v) is 6.14. The Morgan fingerprint density at radius 2 is 1.74 bits per heavy atom. The molecule has 1 aromatic carbocycles. The van der Waals surface area contributed by atoms with Crippen LogP contribution in [0, 0.1) is 0 Å². The fourth-order valence-electron chi connectivity index (χ4n) is 1.30. The Balaban J connectivity index is 2.48. The highest BCUT2D eigenvalue weighted by Crippen LogP contribution is 2.04. The third-order valence-corrected chi connectivity index (χ3v) is 3.17. The predicted octanol–water partition coefficient (Wildman–Crippen LogP) is -0.400. The summed E-state index contributed by atoms with van der Waals surface area (Å²) < 4.78 is 23.9. The van der Waals surface area contributed by atoms with Crippen LogP contribution in [0.25, 0.3) is 0 Å². The SMILES string of the molecule is CS(=O)(=O)NCCNC(=O)c1ccc(C(N)=S)cc1. The minimum atomic E-state index is -3.23. The molecule has 0 radical (unpaired) electrons. The number of hydrogen-bond acceptors (Lipinski definition) is 4. The fourth-order valence-corrected chi connectivity index (χ4v) is 1.91. The van der Waals surface area contributed by atoms with E-state index in [2.05, 4.69) is 10.0 Å². The van der Waals surface area contributed by atoms with Crippen LogP contribution >= 0.6 is 12.2 Å². The first-order valence-corrected chi connectivity index (χ1v) is 7.72. The molecule has 0 atom stereocenters. The van der Waals surface area contributed by atoms with Crippen LogP contribution in [0.2, 0.25) is 0 Å². The first kappa shape index (κ1) is 15.5. The molecule has 1 amide bonds. The molecule has 0 fully saturated rings. The molecule has 4 N–H and O–H groups in total. The molecule has 0 aliphatic rings. The van der Waals surface area contributed by atoms with E-state index in [1.54, 1.807) is 24.3 Å². The van der Waals surface area contributed by atoms with Crippen molar-refractivity contribution in [2.24, 2.45) is 5.73 Å². The van der Waals surface area contributed by atoms with Gasteiger partial charge in [-0.05, 0) is 12.1 Å². The van der Waals surface area contributed by atoms with Gasteiger partial charge in [-0.3, -0.25) is 4.79 Å². The summed E-state index contributed by atoms with van der Waals surface area (Å²) in [5.74, 6) is -0.287. The maximum absolute atomic E-state index is 11.7. The van der Waals surface area contributed by atoms with Crippen LogP contribution in [-0.4, -0.2) is 38.7 Å². The molecule has 0 unspecified atom stereocenters. The number of hydrogen-bond donors (Lipinski definition) is 3. The van der Waals surface area contributed by atoms with Gasteiger partial charge in [0, 0.05) is 24.2 Å². The van der Waals surface area contributed by atoms with Gasteiger partial charge in [0.1, 0.15) is 4.99 Å². The van der Waals surface area contributed by atoms with Crippen LogP contribution < -0.4 is 15.8 Å². The number of benzene rings is 1. The lowest BCUT2D eigenvalue weighted by molar-refractivity contribution is 0.0954. The van der Waals surface area contributed by atoms with Crippen molar-refractivity contribution in [2.45, 2.75) is 0 Å². The maximum atomic E-state index is 11.7. The molecule has 19 heavy (non-hydrogen) atoms. The number of nitrogens with one attached hydrogen (secondary N) is 2. The van der Waals surface area contributed by atoms with E-state index in [9.17, 15) is 13.2 Å². The van der Waals surface area contributed by atoms with Crippen LogP contribution in [0.1, 0.15) is 15.9 Å². The summed E-state index contributed by atoms with van der Waals surface area (Å²) in [6.07, 6.45) is 1.06. The number of thiocarbonyl (C=S) groups is 1. The quantitative estimate of drug-likeness (QED) is 0.490. The van der Waals surface area contributed by atoms with Gasteiger partial charge in [-0.15, -0.1) is 0 Å². The highest BCUT2D eigenvalue weighted by atomic mass is 32.2. The van der Waals surface area contributed by atoms with Crippen LogP contribution in [0.4, 0.5) is 0 Å². The van der Waals surface area contributed by atoms with Crippen LogP contribution in [0.3, 0.4) is 0 Å². The van der Waals surface area contributed by atoms with Crippen molar-refractivity contribution in [1.82, 2.24) is 10.0 Å². The molecule has 0 heterocycles. The second-order valence-electron chi connectivity index (χ2n) is 3.86. The molecule has 6 nitrogen and oxygen atoms in total. The van der Waals surface area contributed by atoms with Crippen molar-refractivity contribution >= 4 is 33.1 Å². The third kappa shape index (κ3) is 5.77. The largest absolute Gasteiger partial charge is 0.389 e. The van der Waals surface area contributed by atoms with E-state index in [1.165, 1.54) is 0 Å². The highest BCUT2D eigenvalue weighted by Gasteiger charge is 2.06. The monoisotopic (exact) mass is 301 g/mol. The van der Waals surface area contributed by atoms with Crippen molar-refractivity contribution in [3.63, 3.8) is 0 Å². The Morgan fingerprint density at radius 1 is 1.21 bits per heavy atom. The molecule has 1 rings (SSSR count). The average Bonchev–Trinajstić information content (AvgIpc) is 2.33. The first-order valence-electron chi connectivity index (χ1n) is 5.42. The van der Waals surface area contributed by atoms with Gasteiger partial charge in [-0.2, -0.15) is 0 Å². The first-order chi connectivity index (χ1) is 8.79. The lowest BCUT2D eigenvalue weighted by atomic mass is 10.1. The van der Waals surface area contributed by atoms with Gasteiger partial charge in [-0.1, -0.05) is 24.4 Å². The lowest BCUT2D eigenvalue weighted by Gasteiger charge is -2.06. The Bertz CT molecular complexity index is 567. The average molecular weight is 301 g/mol. The summed E-state index contributed by atoms with van der Waals surface area (Å²) >= 11 is 4.80. The summed E-state index contributed by atoms with van der Waals surface area (Å²) in [4.78, 5) is 12.0. The highest BCUT2D eigenvalue weighted by molar-refractivity contribution is 7.88. The number of amides is 1. The number of carbonyl (C=O) groups is 1. The molecule has 0 aromatic heterocycles. The fraction of sp³-hybridized carbons (Fsp3) is 0.273. The van der Waals surface area contributed by atoms with Gasteiger partial charge in [0.2, 0.25) is 10.0 Å². The van der Waals surface area contributed by atoms with E-state index in [0.717, 1.165) is 6.26 Å². The molecule has 0 aliphatic heterocycles. The van der Waals surface area contributed by atoms with Crippen molar-refractivity contribution in [1.29, 1.82) is 0 Å². The molecule has 0 aliphatic carbocycles. The number of sulfonamides is 1. The number of rotatable bonds is 6. The van der Waals surface area contributed by atoms with Crippen molar-refractivity contribution < 1.29 is 13.2 Å². The Hall–Kier alpha value is -1.51. The topological polar surface area (TPSA) is 101 Å². The molecule has 0 saturated heterocycles. The molecule has 0 spiro atoms. The standard InChI is InChI=1S/C11H15N3O3S2/c1-19(16,17)14-7-6-13-11(15)9-4-2-8(3-5-9)10(12)18/h2-5,14H,6-7H2,1H3,(H2,12,18)(H,13,15). The van der Waals surface area contributed by atoms with Crippen molar-refractivity contribution in [2.75, 3.05) is 19.3 Å². The number of nitrogens with two attached hydrogens (primary N) is 1. The van der Waals surface area contributed by atoms with E-state index < -0.39 is 10.0 Å². The Morgan fingerprint density at radius 3 is 2.21 bits per heavy atom. The maximum Gasteiger partial charge on any atom is 0.251 e. The predicted molar refractivity (Wildman–Crippen MR) is 77.5 cm³/mol.